The average molecular weight is 405 g/mol. The summed E-state index contributed by atoms with van der Waals surface area (Å²) in [6, 6.07) is 11.7. The molecule has 0 unspecified atom stereocenters. The molecule has 1 aliphatic heterocycles. The third-order valence-electron chi connectivity index (χ3n) is 5.01. The van der Waals surface area contributed by atoms with Gasteiger partial charge in [-0.15, -0.1) is 10.2 Å². The van der Waals surface area contributed by atoms with E-state index in [1.54, 1.807) is 46.9 Å². The molecule has 0 aliphatic carbocycles. The van der Waals surface area contributed by atoms with Crippen LogP contribution in [0.25, 0.3) is 16.0 Å². The predicted molar refractivity (Wildman–Crippen MR) is 112 cm³/mol. The molecule has 1 aromatic carbocycles. The molecule has 1 fully saturated rings. The van der Waals surface area contributed by atoms with Gasteiger partial charge in [0, 0.05) is 37.9 Å². The molecule has 29 heavy (non-hydrogen) atoms. The molecule has 5 rings (SSSR count). The quantitative estimate of drug-likeness (QED) is 0.521. The lowest BCUT2D eigenvalue weighted by Gasteiger charge is -2.22. The highest BCUT2D eigenvalue weighted by atomic mass is 32.1. The first kappa shape index (κ1) is 17.7. The zero-order valence-electron chi connectivity index (χ0n) is 15.7. The number of rotatable bonds is 3. The van der Waals surface area contributed by atoms with E-state index in [1.807, 2.05) is 23.1 Å². The Labute approximate surface area is 171 Å². The van der Waals surface area contributed by atoms with Gasteiger partial charge in [-0.3, -0.25) is 9.36 Å². The lowest BCUT2D eigenvalue weighted by Crippen LogP contribution is -2.35. The largest absolute Gasteiger partial charge is 0.346 e. The third kappa shape index (κ3) is 3.56. The van der Waals surface area contributed by atoms with Gasteiger partial charge in [0.15, 0.2) is 5.13 Å². The second-order valence-electron chi connectivity index (χ2n) is 6.87. The first-order valence-electron chi connectivity index (χ1n) is 9.49. The highest BCUT2D eigenvalue weighted by Crippen LogP contribution is 2.29. The van der Waals surface area contributed by atoms with E-state index in [4.69, 9.17) is 4.98 Å². The number of pyridine rings is 1. The number of benzene rings is 1. The Morgan fingerprint density at radius 1 is 1.00 bits per heavy atom. The third-order valence-corrected chi connectivity index (χ3v) is 6.11. The number of aromatic nitrogens is 5. The fourth-order valence-electron chi connectivity index (χ4n) is 3.50. The number of amides is 1. The SMILES string of the molecule is O=C(c1ccnc(-n2cnnc2)c1)N1CCCN(c2nc3ccccc3s2)CC1. The summed E-state index contributed by atoms with van der Waals surface area (Å²) in [5.41, 5.74) is 1.65. The molecule has 0 atom stereocenters. The number of thiazole rings is 1. The average Bonchev–Trinajstić information content (AvgIpc) is 3.38. The molecule has 146 valence electrons. The topological polar surface area (TPSA) is 80.0 Å². The molecule has 0 bridgehead atoms. The minimum absolute atomic E-state index is 0.0212. The van der Waals surface area contributed by atoms with Crippen molar-refractivity contribution in [2.75, 3.05) is 31.1 Å². The molecule has 1 saturated heterocycles. The summed E-state index contributed by atoms with van der Waals surface area (Å²) >= 11 is 1.71. The van der Waals surface area contributed by atoms with Crippen molar-refractivity contribution in [3.8, 4) is 5.82 Å². The first-order valence-corrected chi connectivity index (χ1v) is 10.3. The summed E-state index contributed by atoms with van der Waals surface area (Å²) < 4.78 is 2.88. The summed E-state index contributed by atoms with van der Waals surface area (Å²) in [4.78, 5) is 26.3. The Hall–Kier alpha value is -3.33. The van der Waals surface area contributed by atoms with Crippen molar-refractivity contribution in [2.45, 2.75) is 6.42 Å². The summed E-state index contributed by atoms with van der Waals surface area (Å²) in [6.07, 6.45) is 5.69. The lowest BCUT2D eigenvalue weighted by molar-refractivity contribution is 0.0767. The molecule has 0 spiro atoms. The standard InChI is InChI=1S/C20H19N7OS/c28-19(15-6-7-21-18(12-15)27-13-22-23-14-27)25-8-3-9-26(11-10-25)20-24-16-4-1-2-5-17(16)29-20/h1-2,4-7,12-14H,3,8-11H2. The van der Waals surface area contributed by atoms with Gasteiger partial charge in [0.1, 0.15) is 18.5 Å². The minimum Gasteiger partial charge on any atom is -0.346 e. The van der Waals surface area contributed by atoms with Gasteiger partial charge in [0.25, 0.3) is 5.91 Å². The van der Waals surface area contributed by atoms with Gasteiger partial charge in [-0.2, -0.15) is 0 Å². The van der Waals surface area contributed by atoms with Crippen molar-refractivity contribution in [3.63, 3.8) is 0 Å². The number of hydrogen-bond acceptors (Lipinski definition) is 7. The number of carbonyl (C=O) groups excluding carboxylic acids is 1. The summed E-state index contributed by atoms with van der Waals surface area (Å²) in [5.74, 6) is 0.652. The molecule has 9 heteroatoms. The molecule has 0 saturated carbocycles. The summed E-state index contributed by atoms with van der Waals surface area (Å²) in [6.45, 7) is 3.06. The molecule has 4 aromatic rings. The van der Waals surface area contributed by atoms with E-state index in [0.717, 1.165) is 36.7 Å². The van der Waals surface area contributed by atoms with Crippen molar-refractivity contribution >= 4 is 32.6 Å². The Morgan fingerprint density at radius 2 is 1.86 bits per heavy atom. The van der Waals surface area contributed by atoms with E-state index in [1.165, 1.54) is 4.70 Å². The maximum Gasteiger partial charge on any atom is 0.254 e. The van der Waals surface area contributed by atoms with Gasteiger partial charge in [-0.05, 0) is 30.7 Å². The van der Waals surface area contributed by atoms with E-state index in [2.05, 4.69) is 26.1 Å². The van der Waals surface area contributed by atoms with Crippen molar-refractivity contribution in [1.29, 1.82) is 0 Å². The van der Waals surface area contributed by atoms with Crippen LogP contribution in [0.5, 0.6) is 0 Å². The fraction of sp³-hybridized carbons (Fsp3) is 0.250. The summed E-state index contributed by atoms with van der Waals surface area (Å²) in [7, 11) is 0. The molecule has 1 amide bonds. The smallest absolute Gasteiger partial charge is 0.254 e. The highest BCUT2D eigenvalue weighted by Gasteiger charge is 2.22. The van der Waals surface area contributed by atoms with Gasteiger partial charge < -0.3 is 9.80 Å². The summed E-state index contributed by atoms with van der Waals surface area (Å²) in [5, 5.41) is 8.62. The van der Waals surface area contributed by atoms with Crippen LogP contribution in [-0.2, 0) is 0 Å². The van der Waals surface area contributed by atoms with Crippen LogP contribution in [-0.4, -0.2) is 61.7 Å². The number of hydrogen-bond donors (Lipinski definition) is 0. The van der Waals surface area contributed by atoms with Crippen LogP contribution in [0.3, 0.4) is 0 Å². The van der Waals surface area contributed by atoms with Crippen LogP contribution in [0.4, 0.5) is 5.13 Å². The normalized spacial score (nSPS) is 14.9. The molecule has 0 radical (unpaired) electrons. The zero-order chi connectivity index (χ0) is 19.6. The van der Waals surface area contributed by atoms with E-state index in [9.17, 15) is 4.79 Å². The second kappa shape index (κ2) is 7.59. The predicted octanol–water partition coefficient (Wildman–Crippen LogP) is 2.62. The van der Waals surface area contributed by atoms with Crippen LogP contribution in [0.15, 0.2) is 55.2 Å². The monoisotopic (exact) mass is 405 g/mol. The van der Waals surface area contributed by atoms with Gasteiger partial charge in [-0.1, -0.05) is 23.5 Å². The maximum atomic E-state index is 13.1. The van der Waals surface area contributed by atoms with Crippen LogP contribution in [0.2, 0.25) is 0 Å². The first-order chi connectivity index (χ1) is 14.3. The Morgan fingerprint density at radius 3 is 2.72 bits per heavy atom. The highest BCUT2D eigenvalue weighted by molar-refractivity contribution is 7.22. The van der Waals surface area contributed by atoms with Crippen molar-refractivity contribution in [2.24, 2.45) is 0 Å². The van der Waals surface area contributed by atoms with Gasteiger partial charge >= 0.3 is 0 Å². The van der Waals surface area contributed by atoms with Crippen LogP contribution >= 0.6 is 11.3 Å². The van der Waals surface area contributed by atoms with Crippen molar-refractivity contribution in [3.05, 3.63) is 60.8 Å². The Bertz CT molecular complexity index is 1110. The maximum absolute atomic E-state index is 13.1. The number of anilines is 1. The van der Waals surface area contributed by atoms with E-state index in [-0.39, 0.29) is 5.91 Å². The number of carbonyl (C=O) groups is 1. The van der Waals surface area contributed by atoms with Crippen molar-refractivity contribution in [1.82, 2.24) is 29.6 Å². The van der Waals surface area contributed by atoms with E-state index < -0.39 is 0 Å². The van der Waals surface area contributed by atoms with Gasteiger partial charge in [0.05, 0.1) is 10.2 Å². The number of para-hydroxylation sites is 1. The zero-order valence-corrected chi connectivity index (χ0v) is 16.5. The molecule has 0 N–H and O–H groups in total. The van der Waals surface area contributed by atoms with E-state index >= 15 is 0 Å². The van der Waals surface area contributed by atoms with Crippen LogP contribution in [0.1, 0.15) is 16.8 Å². The lowest BCUT2D eigenvalue weighted by atomic mass is 10.2. The van der Waals surface area contributed by atoms with Gasteiger partial charge in [0.2, 0.25) is 0 Å². The molecular weight excluding hydrogens is 386 g/mol. The molecule has 1 aliphatic rings. The van der Waals surface area contributed by atoms with Crippen molar-refractivity contribution < 1.29 is 4.79 Å². The van der Waals surface area contributed by atoms with Crippen LogP contribution in [0, 0.1) is 0 Å². The molecule has 8 nitrogen and oxygen atoms in total. The minimum atomic E-state index is 0.0212. The molecule has 4 heterocycles. The fourth-order valence-corrected chi connectivity index (χ4v) is 4.52. The Balaban J connectivity index is 1.31. The van der Waals surface area contributed by atoms with Gasteiger partial charge in [-0.25, -0.2) is 9.97 Å². The van der Waals surface area contributed by atoms with E-state index in [0.29, 0.717) is 17.9 Å². The second-order valence-corrected chi connectivity index (χ2v) is 7.88. The number of nitrogens with zero attached hydrogens (tertiary/aromatic N) is 7. The molecule has 3 aromatic heterocycles. The molecular formula is C20H19N7OS. The Kier molecular flexibility index (Phi) is 4.65. The van der Waals surface area contributed by atoms with Crippen LogP contribution < -0.4 is 4.90 Å². The number of fused-ring (bicyclic) bond motifs is 1.